The van der Waals surface area contributed by atoms with E-state index >= 15 is 0 Å². The molecule has 1 N–H and O–H groups in total. The predicted molar refractivity (Wildman–Crippen MR) is 117 cm³/mol. The predicted octanol–water partition coefficient (Wildman–Crippen LogP) is 2.52. The van der Waals surface area contributed by atoms with Crippen molar-refractivity contribution in [1.29, 1.82) is 0 Å². The van der Waals surface area contributed by atoms with Crippen molar-refractivity contribution in [3.63, 3.8) is 0 Å². The van der Waals surface area contributed by atoms with E-state index in [1.54, 1.807) is 7.11 Å². The van der Waals surface area contributed by atoms with E-state index in [4.69, 9.17) is 4.74 Å². The first-order valence-corrected chi connectivity index (χ1v) is 10.8. The Morgan fingerprint density at radius 2 is 1.81 bits per heavy atom. The molecule has 1 amide bonds. The molecule has 7 heteroatoms. The standard InChI is InChI=1S/C24H27N5O2/c1-31-21-10-6-5-9-18(21)13-28-14-19-11-22-26-27-23(29(22)16-20(19)15-28)24(30)25-12-17-7-3-2-4-8-17/h2-10,19-20H,11-16H2,1H3,(H,25,30)/t19-,20+/m1/s1. The van der Waals surface area contributed by atoms with Gasteiger partial charge in [-0.05, 0) is 23.5 Å². The number of nitrogens with zero attached hydrogens (tertiary/aromatic N) is 4. The van der Waals surface area contributed by atoms with Crippen LogP contribution in [-0.4, -0.2) is 45.8 Å². The Kier molecular flexibility index (Phi) is 5.42. The number of para-hydroxylation sites is 1. The third-order valence-corrected chi connectivity index (χ3v) is 6.43. The summed E-state index contributed by atoms with van der Waals surface area (Å²) in [4.78, 5) is 15.2. The molecule has 3 aromatic rings. The van der Waals surface area contributed by atoms with Crippen molar-refractivity contribution in [3.05, 3.63) is 77.4 Å². The van der Waals surface area contributed by atoms with Crippen molar-refractivity contribution in [3.8, 4) is 5.75 Å². The van der Waals surface area contributed by atoms with Crippen molar-refractivity contribution in [2.24, 2.45) is 11.8 Å². The Morgan fingerprint density at radius 1 is 1.03 bits per heavy atom. The number of fused-ring (bicyclic) bond motifs is 2. The Balaban J connectivity index is 1.24. The van der Waals surface area contributed by atoms with E-state index in [1.807, 2.05) is 47.0 Å². The van der Waals surface area contributed by atoms with Gasteiger partial charge in [0.1, 0.15) is 11.6 Å². The lowest BCUT2D eigenvalue weighted by atomic mass is 9.89. The van der Waals surface area contributed by atoms with Crippen LogP contribution >= 0.6 is 0 Å². The summed E-state index contributed by atoms with van der Waals surface area (Å²) in [7, 11) is 1.72. The number of likely N-dealkylation sites (tertiary alicyclic amines) is 1. The van der Waals surface area contributed by atoms with E-state index in [2.05, 4.69) is 32.5 Å². The molecule has 2 aromatic carbocycles. The number of amides is 1. The molecule has 0 unspecified atom stereocenters. The number of methoxy groups -OCH3 is 1. The molecule has 7 nitrogen and oxygen atoms in total. The van der Waals surface area contributed by atoms with E-state index in [0.717, 1.165) is 49.7 Å². The summed E-state index contributed by atoms with van der Waals surface area (Å²) in [5.74, 6) is 3.17. The zero-order valence-corrected chi connectivity index (χ0v) is 17.7. The number of carbonyl (C=O) groups excluding carboxylic acids is 1. The number of nitrogens with one attached hydrogen (secondary N) is 1. The fraction of sp³-hybridized carbons (Fsp3) is 0.375. The maximum Gasteiger partial charge on any atom is 0.289 e. The molecule has 160 valence electrons. The first-order valence-electron chi connectivity index (χ1n) is 10.8. The smallest absolute Gasteiger partial charge is 0.289 e. The average molecular weight is 418 g/mol. The van der Waals surface area contributed by atoms with Crippen LogP contribution < -0.4 is 10.1 Å². The van der Waals surface area contributed by atoms with Gasteiger partial charge in [-0.1, -0.05) is 48.5 Å². The molecular formula is C24H27N5O2. The van der Waals surface area contributed by atoms with Crippen molar-refractivity contribution in [1.82, 2.24) is 25.0 Å². The maximum atomic E-state index is 12.8. The van der Waals surface area contributed by atoms with Gasteiger partial charge in [0.15, 0.2) is 0 Å². The Morgan fingerprint density at radius 3 is 2.65 bits per heavy atom. The molecule has 1 saturated heterocycles. The van der Waals surface area contributed by atoms with Crippen molar-refractivity contribution in [2.75, 3.05) is 20.2 Å². The Bertz CT molecular complexity index is 1060. The lowest BCUT2D eigenvalue weighted by Gasteiger charge is -2.25. The highest BCUT2D eigenvalue weighted by molar-refractivity contribution is 5.90. The highest BCUT2D eigenvalue weighted by Gasteiger charge is 2.39. The number of hydrogen-bond acceptors (Lipinski definition) is 5. The summed E-state index contributed by atoms with van der Waals surface area (Å²) in [6, 6.07) is 18.1. The van der Waals surface area contributed by atoms with Gasteiger partial charge >= 0.3 is 0 Å². The van der Waals surface area contributed by atoms with E-state index in [-0.39, 0.29) is 5.91 Å². The highest BCUT2D eigenvalue weighted by atomic mass is 16.5. The zero-order chi connectivity index (χ0) is 21.2. The van der Waals surface area contributed by atoms with Crippen LogP contribution in [0.3, 0.4) is 0 Å². The van der Waals surface area contributed by atoms with Crippen LogP contribution in [0.25, 0.3) is 0 Å². The Hall–Kier alpha value is -3.19. The molecule has 1 fully saturated rings. The molecular weight excluding hydrogens is 390 g/mol. The molecule has 0 spiro atoms. The van der Waals surface area contributed by atoms with Crippen LogP contribution in [0.1, 0.15) is 27.6 Å². The molecule has 0 saturated carbocycles. The molecule has 2 atom stereocenters. The number of benzene rings is 2. The lowest BCUT2D eigenvalue weighted by Crippen LogP contribution is -2.32. The molecule has 3 heterocycles. The molecule has 0 bridgehead atoms. The molecule has 0 aliphatic carbocycles. The molecule has 0 radical (unpaired) electrons. The SMILES string of the molecule is COc1ccccc1CN1C[C@H]2Cc3nnc(C(=O)NCc4ccccc4)n3C[C@@H]2C1. The summed E-state index contributed by atoms with van der Waals surface area (Å²) < 4.78 is 7.54. The quantitative estimate of drug-likeness (QED) is 0.667. The van der Waals surface area contributed by atoms with Gasteiger partial charge in [0.25, 0.3) is 5.91 Å². The van der Waals surface area contributed by atoms with E-state index < -0.39 is 0 Å². The summed E-state index contributed by atoms with van der Waals surface area (Å²) in [6.07, 6.45) is 0.867. The number of aromatic nitrogens is 3. The third-order valence-electron chi connectivity index (χ3n) is 6.43. The van der Waals surface area contributed by atoms with Crippen LogP contribution in [0.5, 0.6) is 5.75 Å². The number of carbonyl (C=O) groups is 1. The first kappa shape index (κ1) is 19.8. The summed E-state index contributed by atoms with van der Waals surface area (Å²) in [6.45, 7) is 4.20. The van der Waals surface area contributed by atoms with Gasteiger partial charge in [0.05, 0.1) is 7.11 Å². The van der Waals surface area contributed by atoms with Gasteiger partial charge in [0, 0.05) is 44.7 Å². The van der Waals surface area contributed by atoms with E-state index in [1.165, 1.54) is 5.56 Å². The van der Waals surface area contributed by atoms with Crippen molar-refractivity contribution >= 4 is 5.91 Å². The van der Waals surface area contributed by atoms with E-state index in [9.17, 15) is 4.79 Å². The van der Waals surface area contributed by atoms with Crippen LogP contribution in [-0.2, 0) is 26.1 Å². The maximum absolute atomic E-state index is 12.8. The van der Waals surface area contributed by atoms with Gasteiger partial charge in [-0.2, -0.15) is 0 Å². The average Bonchev–Trinajstić information content (AvgIpc) is 3.39. The van der Waals surface area contributed by atoms with Crippen molar-refractivity contribution < 1.29 is 9.53 Å². The van der Waals surface area contributed by atoms with Gasteiger partial charge in [0.2, 0.25) is 5.82 Å². The molecule has 5 rings (SSSR count). The molecule has 1 aromatic heterocycles. The lowest BCUT2D eigenvalue weighted by molar-refractivity contribution is 0.0932. The van der Waals surface area contributed by atoms with E-state index in [0.29, 0.717) is 24.2 Å². The number of hydrogen-bond donors (Lipinski definition) is 1. The van der Waals surface area contributed by atoms with Crippen LogP contribution in [0.4, 0.5) is 0 Å². The summed E-state index contributed by atoms with van der Waals surface area (Å²) >= 11 is 0. The second-order valence-electron chi connectivity index (χ2n) is 8.45. The topological polar surface area (TPSA) is 72.3 Å². The molecule has 2 aliphatic rings. The minimum atomic E-state index is -0.162. The van der Waals surface area contributed by atoms with Gasteiger partial charge in [-0.25, -0.2) is 0 Å². The minimum absolute atomic E-state index is 0.162. The van der Waals surface area contributed by atoms with Crippen LogP contribution in [0.15, 0.2) is 54.6 Å². The molecule has 2 aliphatic heterocycles. The first-order chi connectivity index (χ1) is 15.2. The molecule has 31 heavy (non-hydrogen) atoms. The summed E-state index contributed by atoms with van der Waals surface area (Å²) in [5, 5.41) is 11.5. The third kappa shape index (κ3) is 4.05. The van der Waals surface area contributed by atoms with Gasteiger partial charge in [-0.3, -0.25) is 9.69 Å². The monoisotopic (exact) mass is 417 g/mol. The van der Waals surface area contributed by atoms with Gasteiger partial charge in [-0.15, -0.1) is 10.2 Å². The number of rotatable bonds is 6. The Labute approximate surface area is 182 Å². The normalized spacial score (nSPS) is 20.2. The fourth-order valence-corrected chi connectivity index (χ4v) is 4.85. The minimum Gasteiger partial charge on any atom is -0.496 e. The number of ether oxygens (including phenoxy) is 1. The van der Waals surface area contributed by atoms with Crippen LogP contribution in [0, 0.1) is 11.8 Å². The highest BCUT2D eigenvalue weighted by Crippen LogP contribution is 2.34. The second-order valence-corrected chi connectivity index (χ2v) is 8.45. The second kappa shape index (κ2) is 8.51. The van der Waals surface area contributed by atoms with Crippen LogP contribution in [0.2, 0.25) is 0 Å². The largest absolute Gasteiger partial charge is 0.496 e. The zero-order valence-electron chi connectivity index (χ0n) is 17.7. The fourth-order valence-electron chi connectivity index (χ4n) is 4.85. The van der Waals surface area contributed by atoms with Gasteiger partial charge < -0.3 is 14.6 Å². The summed E-state index contributed by atoms with van der Waals surface area (Å²) in [5.41, 5.74) is 2.28. The van der Waals surface area contributed by atoms with Crippen molar-refractivity contribution in [2.45, 2.75) is 26.1 Å².